The first-order valence-electron chi connectivity index (χ1n) is 8.88. The molecule has 4 rings (SSSR count). The van der Waals surface area contributed by atoms with Gasteiger partial charge in [0.25, 0.3) is 0 Å². The number of morpholine rings is 1. The van der Waals surface area contributed by atoms with Gasteiger partial charge in [-0.05, 0) is 30.9 Å². The fraction of sp³-hybridized carbons (Fsp3) is 0.421. The molecule has 0 bridgehead atoms. The number of ether oxygens (including phenoxy) is 1. The summed E-state index contributed by atoms with van der Waals surface area (Å²) >= 11 is 1.46. The maximum absolute atomic E-state index is 5.82. The quantitative estimate of drug-likeness (QED) is 0.692. The number of benzene rings is 1. The maximum atomic E-state index is 5.82. The lowest BCUT2D eigenvalue weighted by molar-refractivity contribution is -0.0127. The van der Waals surface area contributed by atoms with Gasteiger partial charge in [0.1, 0.15) is 0 Å². The molecular weight excluding hydrogens is 346 g/mol. The second-order valence-electron chi connectivity index (χ2n) is 6.67. The van der Waals surface area contributed by atoms with Gasteiger partial charge in [-0.25, -0.2) is 0 Å². The first-order chi connectivity index (χ1) is 12.7. The van der Waals surface area contributed by atoms with Crippen molar-refractivity contribution >= 4 is 11.5 Å². The molecule has 1 aliphatic rings. The number of aromatic nitrogens is 4. The zero-order chi connectivity index (χ0) is 17.9. The lowest BCUT2D eigenvalue weighted by atomic mass is 10.0. The molecule has 1 unspecified atom stereocenters. The highest BCUT2D eigenvalue weighted by molar-refractivity contribution is 7.05. The Hall–Kier alpha value is -2.09. The van der Waals surface area contributed by atoms with Crippen LogP contribution in [0.25, 0.3) is 0 Å². The van der Waals surface area contributed by atoms with E-state index < -0.39 is 0 Å². The average Bonchev–Trinajstić information content (AvgIpc) is 3.25. The van der Waals surface area contributed by atoms with Crippen LogP contribution < -0.4 is 0 Å². The maximum Gasteiger partial charge on any atom is 0.0666 e. The van der Waals surface area contributed by atoms with Crippen molar-refractivity contribution in [1.82, 2.24) is 24.3 Å². The Kier molecular flexibility index (Phi) is 5.10. The molecule has 1 atom stereocenters. The molecule has 1 saturated heterocycles. The van der Waals surface area contributed by atoms with Crippen LogP contribution in [0.15, 0.2) is 36.5 Å². The molecule has 1 aromatic carbocycles. The third-order valence-corrected chi connectivity index (χ3v) is 5.60. The second kappa shape index (κ2) is 7.65. The third kappa shape index (κ3) is 3.56. The van der Waals surface area contributed by atoms with E-state index in [1.54, 1.807) is 0 Å². The van der Waals surface area contributed by atoms with E-state index in [1.165, 1.54) is 33.2 Å². The van der Waals surface area contributed by atoms with Gasteiger partial charge in [0, 0.05) is 24.3 Å². The highest BCUT2D eigenvalue weighted by atomic mass is 32.1. The van der Waals surface area contributed by atoms with Gasteiger partial charge in [-0.1, -0.05) is 34.8 Å². The monoisotopic (exact) mass is 369 g/mol. The van der Waals surface area contributed by atoms with Crippen LogP contribution in [0.1, 0.15) is 33.4 Å². The molecule has 0 spiro atoms. The van der Waals surface area contributed by atoms with Crippen LogP contribution in [0.3, 0.4) is 0 Å². The van der Waals surface area contributed by atoms with Gasteiger partial charge >= 0.3 is 0 Å². The van der Waals surface area contributed by atoms with Gasteiger partial charge in [-0.2, -0.15) is 5.10 Å². The summed E-state index contributed by atoms with van der Waals surface area (Å²) in [6.07, 6.45) is 1.86. The molecule has 26 heavy (non-hydrogen) atoms. The van der Waals surface area contributed by atoms with Gasteiger partial charge in [0.05, 0.1) is 42.6 Å². The highest BCUT2D eigenvalue weighted by Gasteiger charge is 2.30. The molecule has 3 heterocycles. The van der Waals surface area contributed by atoms with Crippen LogP contribution in [0.5, 0.6) is 0 Å². The molecule has 0 amide bonds. The van der Waals surface area contributed by atoms with E-state index in [2.05, 4.69) is 57.3 Å². The van der Waals surface area contributed by atoms with Crippen LogP contribution in [0.2, 0.25) is 0 Å². The van der Waals surface area contributed by atoms with Crippen molar-refractivity contribution in [3.05, 3.63) is 63.9 Å². The Labute approximate surface area is 157 Å². The normalized spacial score (nSPS) is 18.3. The molecule has 0 saturated carbocycles. The standard InChI is InChI=1S/C19H23N5OS/c1-14-19(15(2)24(21-14)11-16-6-4-3-5-7-16)18-13-25-9-8-23(18)12-17-10-20-22-26-17/h3-7,10,18H,8-9,11-13H2,1-2H3. The summed E-state index contributed by atoms with van der Waals surface area (Å²) in [6, 6.07) is 10.7. The lowest BCUT2D eigenvalue weighted by Gasteiger charge is -2.35. The van der Waals surface area contributed by atoms with Crippen LogP contribution in [0, 0.1) is 13.8 Å². The van der Waals surface area contributed by atoms with Crippen LogP contribution in [-0.2, 0) is 17.8 Å². The number of rotatable bonds is 5. The van der Waals surface area contributed by atoms with Crippen molar-refractivity contribution in [3.8, 4) is 0 Å². The minimum Gasteiger partial charge on any atom is -0.378 e. The molecule has 2 aromatic heterocycles. The van der Waals surface area contributed by atoms with Crippen LogP contribution >= 0.6 is 11.5 Å². The lowest BCUT2D eigenvalue weighted by Crippen LogP contribution is -2.39. The van der Waals surface area contributed by atoms with Crippen LogP contribution in [0.4, 0.5) is 0 Å². The first-order valence-corrected chi connectivity index (χ1v) is 9.65. The Bertz CT molecular complexity index is 846. The summed E-state index contributed by atoms with van der Waals surface area (Å²) in [6.45, 7) is 8.29. The average molecular weight is 369 g/mol. The molecule has 136 valence electrons. The predicted octanol–water partition coefficient (Wildman–Crippen LogP) is 2.97. The number of hydrogen-bond acceptors (Lipinski definition) is 6. The Morgan fingerprint density at radius 2 is 2.04 bits per heavy atom. The van der Waals surface area contributed by atoms with E-state index in [4.69, 9.17) is 9.84 Å². The SMILES string of the molecule is Cc1nn(Cc2ccccc2)c(C)c1C1COCCN1Cc1cnns1. The molecule has 7 heteroatoms. The molecule has 6 nitrogen and oxygen atoms in total. The summed E-state index contributed by atoms with van der Waals surface area (Å²) in [4.78, 5) is 3.65. The van der Waals surface area contributed by atoms with E-state index >= 15 is 0 Å². The van der Waals surface area contributed by atoms with Crippen molar-refractivity contribution in [1.29, 1.82) is 0 Å². The first kappa shape index (κ1) is 17.3. The van der Waals surface area contributed by atoms with Crippen molar-refractivity contribution in [3.63, 3.8) is 0 Å². The van der Waals surface area contributed by atoms with Crippen molar-refractivity contribution in [2.24, 2.45) is 0 Å². The molecule has 3 aromatic rings. The number of nitrogens with zero attached hydrogens (tertiary/aromatic N) is 5. The second-order valence-corrected chi connectivity index (χ2v) is 7.54. The van der Waals surface area contributed by atoms with Crippen molar-refractivity contribution in [2.75, 3.05) is 19.8 Å². The summed E-state index contributed by atoms with van der Waals surface area (Å²) in [7, 11) is 0. The largest absolute Gasteiger partial charge is 0.378 e. The third-order valence-electron chi connectivity index (χ3n) is 4.95. The number of aryl methyl sites for hydroxylation is 1. The van der Waals surface area contributed by atoms with Crippen LogP contribution in [-0.4, -0.2) is 44.0 Å². The highest BCUT2D eigenvalue weighted by Crippen LogP contribution is 2.31. The molecule has 0 N–H and O–H groups in total. The molecule has 0 radical (unpaired) electrons. The molecule has 1 aliphatic heterocycles. The topological polar surface area (TPSA) is 56.1 Å². The van der Waals surface area contributed by atoms with Crippen molar-refractivity contribution < 1.29 is 4.74 Å². The minimum absolute atomic E-state index is 0.218. The summed E-state index contributed by atoms with van der Waals surface area (Å²) in [5.41, 5.74) is 4.85. The Balaban J connectivity index is 1.61. The van der Waals surface area contributed by atoms with E-state index in [0.717, 1.165) is 31.9 Å². The van der Waals surface area contributed by atoms with Gasteiger partial charge in [0.2, 0.25) is 0 Å². The van der Waals surface area contributed by atoms with Gasteiger partial charge in [-0.3, -0.25) is 9.58 Å². The van der Waals surface area contributed by atoms with Crippen molar-refractivity contribution in [2.45, 2.75) is 33.0 Å². The summed E-state index contributed by atoms with van der Waals surface area (Å²) in [5.74, 6) is 0. The molecule has 0 aliphatic carbocycles. The van der Waals surface area contributed by atoms with E-state index in [9.17, 15) is 0 Å². The zero-order valence-corrected chi connectivity index (χ0v) is 15.9. The molecule has 1 fully saturated rings. The fourth-order valence-corrected chi connectivity index (χ4v) is 4.17. The van der Waals surface area contributed by atoms with E-state index in [-0.39, 0.29) is 6.04 Å². The summed E-state index contributed by atoms with van der Waals surface area (Å²) in [5, 5.41) is 8.79. The Morgan fingerprint density at radius 3 is 2.81 bits per heavy atom. The van der Waals surface area contributed by atoms with E-state index in [1.807, 2.05) is 12.3 Å². The van der Waals surface area contributed by atoms with Gasteiger partial charge in [-0.15, -0.1) is 5.10 Å². The summed E-state index contributed by atoms with van der Waals surface area (Å²) < 4.78 is 11.9. The van der Waals surface area contributed by atoms with E-state index in [0.29, 0.717) is 6.61 Å². The Morgan fingerprint density at radius 1 is 1.19 bits per heavy atom. The minimum atomic E-state index is 0.218. The zero-order valence-electron chi connectivity index (χ0n) is 15.1. The predicted molar refractivity (Wildman–Crippen MR) is 101 cm³/mol. The number of hydrogen-bond donors (Lipinski definition) is 0. The smallest absolute Gasteiger partial charge is 0.0666 e. The van der Waals surface area contributed by atoms with Gasteiger partial charge in [0.15, 0.2) is 0 Å². The fourth-order valence-electron chi connectivity index (χ4n) is 3.65. The molecular formula is C19H23N5OS. The van der Waals surface area contributed by atoms with Gasteiger partial charge < -0.3 is 4.74 Å².